The third-order valence-corrected chi connectivity index (χ3v) is 5.00. The summed E-state index contributed by atoms with van der Waals surface area (Å²) in [6.07, 6.45) is 0. The summed E-state index contributed by atoms with van der Waals surface area (Å²) in [6, 6.07) is 15.7. The van der Waals surface area contributed by atoms with Gasteiger partial charge in [0.2, 0.25) is 0 Å². The molecule has 1 heterocycles. The van der Waals surface area contributed by atoms with Crippen molar-refractivity contribution in [3.05, 3.63) is 64.7 Å². The maximum absolute atomic E-state index is 12.5. The summed E-state index contributed by atoms with van der Waals surface area (Å²) in [7, 11) is 1.80. The molecule has 1 saturated heterocycles. The minimum atomic E-state index is -0.111. The van der Waals surface area contributed by atoms with Gasteiger partial charge in [-0.15, -0.1) is 0 Å². The van der Waals surface area contributed by atoms with Crippen LogP contribution in [0.4, 0.5) is 10.5 Å². The molecule has 0 bridgehead atoms. The highest BCUT2D eigenvalue weighted by molar-refractivity contribution is 6.30. The van der Waals surface area contributed by atoms with Crippen molar-refractivity contribution in [2.24, 2.45) is 0 Å². The van der Waals surface area contributed by atoms with Crippen LogP contribution in [-0.4, -0.2) is 44.3 Å². The zero-order chi connectivity index (χ0) is 19.2. The molecule has 1 atom stereocenters. The first-order valence-electron chi connectivity index (χ1n) is 9.21. The van der Waals surface area contributed by atoms with Crippen LogP contribution in [0.25, 0.3) is 0 Å². The molecule has 2 amide bonds. The van der Waals surface area contributed by atoms with E-state index in [1.54, 1.807) is 11.9 Å². The molecule has 0 aliphatic carbocycles. The SMILES string of the molecule is CC(NC(=O)N(C)Cc1ccc(N2CCOCC2)cc1)c1cccc(Cl)c1. The van der Waals surface area contributed by atoms with Crippen molar-refractivity contribution in [2.75, 3.05) is 38.3 Å². The number of rotatable bonds is 5. The average Bonchev–Trinajstić information content (AvgIpc) is 2.69. The van der Waals surface area contributed by atoms with E-state index in [0.717, 1.165) is 37.4 Å². The number of ether oxygens (including phenoxy) is 1. The molecular weight excluding hydrogens is 362 g/mol. The first-order valence-corrected chi connectivity index (χ1v) is 9.59. The van der Waals surface area contributed by atoms with E-state index in [4.69, 9.17) is 16.3 Å². The Kier molecular flexibility index (Phi) is 6.58. The number of nitrogens with zero attached hydrogens (tertiary/aromatic N) is 2. The first kappa shape index (κ1) is 19.5. The molecule has 0 spiro atoms. The van der Waals surface area contributed by atoms with Crippen molar-refractivity contribution in [2.45, 2.75) is 19.5 Å². The van der Waals surface area contributed by atoms with Gasteiger partial charge in [0, 0.05) is 37.4 Å². The van der Waals surface area contributed by atoms with Gasteiger partial charge < -0.3 is 19.9 Å². The second-order valence-corrected chi connectivity index (χ2v) is 7.28. The normalized spacial score (nSPS) is 15.3. The van der Waals surface area contributed by atoms with Crippen molar-refractivity contribution in [1.82, 2.24) is 10.2 Å². The third-order valence-electron chi connectivity index (χ3n) is 4.77. The van der Waals surface area contributed by atoms with Crippen molar-refractivity contribution in [3.8, 4) is 0 Å². The molecular formula is C21H26ClN3O2. The highest BCUT2D eigenvalue weighted by Crippen LogP contribution is 2.19. The van der Waals surface area contributed by atoms with Gasteiger partial charge in [0.15, 0.2) is 0 Å². The Hall–Kier alpha value is -2.24. The molecule has 27 heavy (non-hydrogen) atoms. The second kappa shape index (κ2) is 9.11. The van der Waals surface area contributed by atoms with E-state index in [9.17, 15) is 4.79 Å². The molecule has 1 fully saturated rings. The number of amides is 2. The van der Waals surface area contributed by atoms with Crippen LogP contribution in [0.2, 0.25) is 5.02 Å². The Morgan fingerprint density at radius 2 is 1.93 bits per heavy atom. The lowest BCUT2D eigenvalue weighted by molar-refractivity contribution is 0.122. The largest absolute Gasteiger partial charge is 0.378 e. The maximum Gasteiger partial charge on any atom is 0.317 e. The van der Waals surface area contributed by atoms with Crippen molar-refractivity contribution >= 4 is 23.3 Å². The quantitative estimate of drug-likeness (QED) is 0.840. The number of morpholine rings is 1. The summed E-state index contributed by atoms with van der Waals surface area (Å²) < 4.78 is 5.39. The standard InChI is InChI=1S/C21H26ClN3O2/c1-16(18-4-3-5-19(22)14-18)23-21(26)24(2)15-17-6-8-20(9-7-17)25-10-12-27-13-11-25/h3-9,14,16H,10-13,15H2,1-2H3,(H,23,26). The second-order valence-electron chi connectivity index (χ2n) is 6.85. The number of hydrogen-bond donors (Lipinski definition) is 1. The number of anilines is 1. The van der Waals surface area contributed by atoms with Crippen LogP contribution >= 0.6 is 11.6 Å². The summed E-state index contributed by atoms with van der Waals surface area (Å²) in [5.41, 5.74) is 3.28. The molecule has 144 valence electrons. The van der Waals surface area contributed by atoms with Gasteiger partial charge in [0.25, 0.3) is 0 Å². The molecule has 2 aromatic rings. The number of carbonyl (C=O) groups is 1. The van der Waals surface area contributed by atoms with Crippen molar-refractivity contribution < 1.29 is 9.53 Å². The summed E-state index contributed by atoms with van der Waals surface area (Å²) >= 11 is 6.03. The first-order chi connectivity index (χ1) is 13.0. The third kappa shape index (κ3) is 5.37. The van der Waals surface area contributed by atoms with E-state index >= 15 is 0 Å². The fourth-order valence-electron chi connectivity index (χ4n) is 3.13. The molecule has 6 heteroatoms. The van der Waals surface area contributed by atoms with Gasteiger partial charge in [0.1, 0.15) is 0 Å². The number of carbonyl (C=O) groups excluding carboxylic acids is 1. The fourth-order valence-corrected chi connectivity index (χ4v) is 3.33. The maximum atomic E-state index is 12.5. The van der Waals surface area contributed by atoms with E-state index in [0.29, 0.717) is 11.6 Å². The Bertz CT molecular complexity index is 760. The lowest BCUT2D eigenvalue weighted by atomic mass is 10.1. The predicted molar refractivity (Wildman–Crippen MR) is 109 cm³/mol. The lowest BCUT2D eigenvalue weighted by Gasteiger charge is -2.29. The highest BCUT2D eigenvalue weighted by Gasteiger charge is 2.15. The van der Waals surface area contributed by atoms with Crippen LogP contribution in [0.15, 0.2) is 48.5 Å². The number of benzene rings is 2. The molecule has 0 saturated carbocycles. The van der Waals surface area contributed by atoms with Crippen molar-refractivity contribution in [1.29, 1.82) is 0 Å². The molecule has 0 aromatic heterocycles. The van der Waals surface area contributed by atoms with E-state index < -0.39 is 0 Å². The van der Waals surface area contributed by atoms with Gasteiger partial charge in [-0.25, -0.2) is 4.79 Å². The van der Waals surface area contributed by atoms with Crippen LogP contribution in [0.1, 0.15) is 24.1 Å². The van der Waals surface area contributed by atoms with Gasteiger partial charge in [-0.2, -0.15) is 0 Å². The van der Waals surface area contributed by atoms with Gasteiger partial charge in [-0.05, 0) is 42.3 Å². The topological polar surface area (TPSA) is 44.8 Å². The predicted octanol–water partition coefficient (Wildman–Crippen LogP) is 4.08. The van der Waals surface area contributed by atoms with Crippen LogP contribution < -0.4 is 10.2 Å². The number of halogens is 1. The summed E-state index contributed by atoms with van der Waals surface area (Å²) in [5, 5.41) is 3.68. The lowest BCUT2D eigenvalue weighted by Crippen LogP contribution is -2.38. The Balaban J connectivity index is 1.54. The van der Waals surface area contributed by atoms with Crippen LogP contribution in [0, 0.1) is 0 Å². The van der Waals surface area contributed by atoms with Crippen LogP contribution in [0.3, 0.4) is 0 Å². The Labute approximate surface area is 165 Å². The van der Waals surface area contributed by atoms with E-state index in [1.807, 2.05) is 31.2 Å². The van der Waals surface area contributed by atoms with Gasteiger partial charge in [-0.1, -0.05) is 35.9 Å². The molecule has 3 rings (SSSR count). The van der Waals surface area contributed by atoms with Crippen LogP contribution in [-0.2, 0) is 11.3 Å². The average molecular weight is 388 g/mol. The monoisotopic (exact) mass is 387 g/mol. The van der Waals surface area contributed by atoms with Crippen molar-refractivity contribution in [3.63, 3.8) is 0 Å². The number of urea groups is 1. The van der Waals surface area contributed by atoms with Crippen LogP contribution in [0.5, 0.6) is 0 Å². The Morgan fingerprint density at radius 1 is 1.22 bits per heavy atom. The number of nitrogens with one attached hydrogen (secondary N) is 1. The zero-order valence-electron chi connectivity index (χ0n) is 15.8. The minimum absolute atomic E-state index is 0.109. The molecule has 1 unspecified atom stereocenters. The van der Waals surface area contributed by atoms with Gasteiger partial charge >= 0.3 is 6.03 Å². The Morgan fingerprint density at radius 3 is 2.59 bits per heavy atom. The van der Waals surface area contributed by atoms with Gasteiger partial charge in [0.05, 0.1) is 19.3 Å². The molecule has 1 aliphatic heterocycles. The molecule has 1 aliphatic rings. The summed E-state index contributed by atoms with van der Waals surface area (Å²) in [6.45, 7) is 5.89. The smallest absolute Gasteiger partial charge is 0.317 e. The summed E-state index contributed by atoms with van der Waals surface area (Å²) in [5.74, 6) is 0. The number of hydrogen-bond acceptors (Lipinski definition) is 3. The zero-order valence-corrected chi connectivity index (χ0v) is 16.6. The fraction of sp³-hybridized carbons (Fsp3) is 0.381. The van der Waals surface area contributed by atoms with Gasteiger partial charge in [-0.3, -0.25) is 0 Å². The minimum Gasteiger partial charge on any atom is -0.378 e. The van der Waals surface area contributed by atoms with E-state index in [2.05, 4.69) is 34.5 Å². The molecule has 0 radical (unpaired) electrons. The highest BCUT2D eigenvalue weighted by atomic mass is 35.5. The molecule has 5 nitrogen and oxygen atoms in total. The van der Waals surface area contributed by atoms with E-state index in [-0.39, 0.29) is 12.1 Å². The van der Waals surface area contributed by atoms with E-state index in [1.165, 1.54) is 5.69 Å². The molecule has 1 N–H and O–H groups in total. The summed E-state index contributed by atoms with van der Waals surface area (Å²) in [4.78, 5) is 16.5. The molecule has 2 aromatic carbocycles.